The van der Waals surface area contributed by atoms with Crippen LogP contribution in [0.3, 0.4) is 0 Å². The average molecular weight is 244 g/mol. The first-order valence-electron chi connectivity index (χ1n) is 7.08. The summed E-state index contributed by atoms with van der Waals surface area (Å²) in [5, 5.41) is 0. The molecule has 0 bridgehead atoms. The fourth-order valence-electron chi connectivity index (χ4n) is 2.68. The smallest absolute Gasteiger partial charge is 0.123 e. The zero-order valence-electron chi connectivity index (χ0n) is 11.8. The van der Waals surface area contributed by atoms with Crippen molar-refractivity contribution in [2.45, 2.75) is 46.0 Å². The van der Waals surface area contributed by atoms with E-state index in [1.807, 2.05) is 0 Å². The number of rotatable bonds is 5. The molecule has 98 valence electrons. The fourth-order valence-corrected chi connectivity index (χ4v) is 2.68. The van der Waals surface area contributed by atoms with Crippen LogP contribution in [0.2, 0.25) is 0 Å². The van der Waals surface area contributed by atoms with Crippen LogP contribution in [0.15, 0.2) is 30.4 Å². The van der Waals surface area contributed by atoms with Gasteiger partial charge >= 0.3 is 0 Å². The lowest BCUT2D eigenvalue weighted by Crippen LogP contribution is -2.09. The molecule has 1 aliphatic rings. The Hall–Kier alpha value is -1.24. The first kappa shape index (κ1) is 13.2. The highest BCUT2D eigenvalue weighted by Gasteiger charge is 2.22. The summed E-state index contributed by atoms with van der Waals surface area (Å²) in [4.78, 5) is 0. The van der Waals surface area contributed by atoms with E-state index in [2.05, 4.69) is 51.1 Å². The Morgan fingerprint density at radius 1 is 1.44 bits per heavy atom. The van der Waals surface area contributed by atoms with Crippen LogP contribution in [-0.2, 0) is 6.42 Å². The zero-order valence-corrected chi connectivity index (χ0v) is 11.8. The highest BCUT2D eigenvalue weighted by Crippen LogP contribution is 2.39. The minimum atomic E-state index is 0.578. The van der Waals surface area contributed by atoms with E-state index in [-0.39, 0.29) is 0 Å². The van der Waals surface area contributed by atoms with Gasteiger partial charge in [-0.1, -0.05) is 38.1 Å². The molecule has 2 rings (SSSR count). The molecular weight excluding hydrogens is 220 g/mol. The largest absolute Gasteiger partial charge is 0.493 e. The molecular formula is C17H24O. The van der Waals surface area contributed by atoms with Gasteiger partial charge in [0.15, 0.2) is 0 Å². The van der Waals surface area contributed by atoms with Gasteiger partial charge in [-0.25, -0.2) is 0 Å². The third-order valence-electron chi connectivity index (χ3n) is 3.79. The molecule has 0 heterocycles. The van der Waals surface area contributed by atoms with Gasteiger partial charge in [0.2, 0.25) is 0 Å². The van der Waals surface area contributed by atoms with Crippen LogP contribution < -0.4 is 4.74 Å². The Balaban J connectivity index is 2.00. The first-order valence-corrected chi connectivity index (χ1v) is 7.08. The highest BCUT2D eigenvalue weighted by molar-refractivity contribution is 5.45. The van der Waals surface area contributed by atoms with Gasteiger partial charge in [-0.05, 0) is 49.7 Å². The Kier molecular flexibility index (Phi) is 4.46. The summed E-state index contributed by atoms with van der Waals surface area (Å²) in [6.07, 6.45) is 7.90. The summed E-state index contributed by atoms with van der Waals surface area (Å²) in [5.74, 6) is 2.35. The van der Waals surface area contributed by atoms with Crippen LogP contribution in [0.4, 0.5) is 0 Å². The lowest BCUT2D eigenvalue weighted by molar-refractivity contribution is 0.258. The highest BCUT2D eigenvalue weighted by atomic mass is 16.5. The second kappa shape index (κ2) is 6.08. The Labute approximate surface area is 111 Å². The van der Waals surface area contributed by atoms with E-state index in [1.165, 1.54) is 24.0 Å². The van der Waals surface area contributed by atoms with Crippen LogP contribution in [-0.4, -0.2) is 6.61 Å². The molecule has 1 aromatic carbocycles. The van der Waals surface area contributed by atoms with Crippen molar-refractivity contribution in [1.82, 2.24) is 0 Å². The predicted octanol–water partition coefficient (Wildman–Crippen LogP) is 4.72. The number of hydrogen-bond donors (Lipinski definition) is 0. The molecule has 1 aliphatic carbocycles. The molecule has 2 unspecified atom stereocenters. The topological polar surface area (TPSA) is 9.23 Å². The Morgan fingerprint density at radius 3 is 3.06 bits per heavy atom. The second-order valence-electron chi connectivity index (χ2n) is 5.49. The summed E-state index contributed by atoms with van der Waals surface area (Å²) in [6.45, 7) is 7.43. The quantitative estimate of drug-likeness (QED) is 0.681. The zero-order chi connectivity index (χ0) is 13.0. The van der Waals surface area contributed by atoms with Crippen LogP contribution >= 0.6 is 0 Å². The predicted molar refractivity (Wildman–Crippen MR) is 77.3 cm³/mol. The van der Waals surface area contributed by atoms with Gasteiger partial charge in [-0.3, -0.25) is 0 Å². The maximum absolute atomic E-state index is 6.04. The molecule has 0 saturated heterocycles. The number of allylic oxidation sites excluding steroid dienone is 2. The molecule has 0 radical (unpaired) electrons. The minimum Gasteiger partial charge on any atom is -0.493 e. The monoisotopic (exact) mass is 244 g/mol. The molecule has 0 spiro atoms. The molecule has 0 amide bonds. The summed E-state index contributed by atoms with van der Waals surface area (Å²) >= 11 is 0. The van der Waals surface area contributed by atoms with Crippen molar-refractivity contribution in [2.24, 2.45) is 5.92 Å². The van der Waals surface area contributed by atoms with Crippen LogP contribution in [0.25, 0.3) is 0 Å². The number of benzene rings is 1. The van der Waals surface area contributed by atoms with Crippen molar-refractivity contribution >= 4 is 0 Å². The average Bonchev–Trinajstić information content (AvgIpc) is 2.76. The van der Waals surface area contributed by atoms with Gasteiger partial charge in [0.1, 0.15) is 5.75 Å². The number of aryl methyl sites for hydroxylation is 1. The van der Waals surface area contributed by atoms with Crippen molar-refractivity contribution in [3.8, 4) is 5.75 Å². The van der Waals surface area contributed by atoms with E-state index in [0.29, 0.717) is 11.8 Å². The van der Waals surface area contributed by atoms with E-state index in [9.17, 15) is 0 Å². The molecule has 1 aromatic rings. The van der Waals surface area contributed by atoms with E-state index in [0.717, 1.165) is 18.8 Å². The molecule has 1 nitrogen and oxygen atoms in total. The lowest BCUT2D eigenvalue weighted by Gasteiger charge is -2.16. The number of ether oxygens (including phenoxy) is 1. The van der Waals surface area contributed by atoms with Crippen molar-refractivity contribution in [3.05, 3.63) is 41.5 Å². The van der Waals surface area contributed by atoms with Gasteiger partial charge in [0.05, 0.1) is 6.61 Å². The van der Waals surface area contributed by atoms with Gasteiger partial charge in [-0.15, -0.1) is 0 Å². The summed E-state index contributed by atoms with van der Waals surface area (Å²) in [5.41, 5.74) is 2.94. The standard InChI is InChI=1S/C17H24O/c1-4-5-7-13(2)12-18-16-9-6-8-15-11-10-14(3)17(15)16/h4-6,8-9,13-14H,7,10-12H2,1-3H3. The minimum absolute atomic E-state index is 0.578. The van der Waals surface area contributed by atoms with Crippen LogP contribution in [0.1, 0.15) is 50.7 Å². The van der Waals surface area contributed by atoms with Crippen molar-refractivity contribution < 1.29 is 4.74 Å². The maximum atomic E-state index is 6.04. The van der Waals surface area contributed by atoms with Gasteiger partial charge in [0.25, 0.3) is 0 Å². The van der Waals surface area contributed by atoms with Gasteiger partial charge < -0.3 is 4.74 Å². The molecule has 0 saturated carbocycles. The van der Waals surface area contributed by atoms with Gasteiger partial charge in [0, 0.05) is 5.56 Å². The van der Waals surface area contributed by atoms with Crippen LogP contribution in [0.5, 0.6) is 5.75 Å². The van der Waals surface area contributed by atoms with E-state index < -0.39 is 0 Å². The molecule has 0 aromatic heterocycles. The van der Waals surface area contributed by atoms with Crippen LogP contribution in [0, 0.1) is 5.92 Å². The van der Waals surface area contributed by atoms with Crippen molar-refractivity contribution in [1.29, 1.82) is 0 Å². The fraction of sp³-hybridized carbons (Fsp3) is 0.529. The third-order valence-corrected chi connectivity index (χ3v) is 3.79. The van der Waals surface area contributed by atoms with Crippen molar-refractivity contribution in [3.63, 3.8) is 0 Å². The number of hydrogen-bond acceptors (Lipinski definition) is 1. The van der Waals surface area contributed by atoms with Gasteiger partial charge in [-0.2, -0.15) is 0 Å². The molecule has 0 fully saturated rings. The number of fused-ring (bicyclic) bond motifs is 1. The molecule has 18 heavy (non-hydrogen) atoms. The SMILES string of the molecule is CC=CCC(C)COc1cccc2c1C(C)CC2. The molecule has 1 heteroatoms. The second-order valence-corrected chi connectivity index (χ2v) is 5.49. The first-order chi connectivity index (χ1) is 8.72. The summed E-state index contributed by atoms with van der Waals surface area (Å²) < 4.78 is 6.04. The van der Waals surface area contributed by atoms with E-state index in [4.69, 9.17) is 4.74 Å². The van der Waals surface area contributed by atoms with Crippen molar-refractivity contribution in [2.75, 3.05) is 6.61 Å². The van der Waals surface area contributed by atoms with E-state index >= 15 is 0 Å². The molecule has 0 N–H and O–H groups in total. The Morgan fingerprint density at radius 2 is 2.28 bits per heavy atom. The lowest BCUT2D eigenvalue weighted by atomic mass is 10.0. The normalized spacial score (nSPS) is 20.1. The summed E-state index contributed by atoms with van der Waals surface area (Å²) in [7, 11) is 0. The third kappa shape index (κ3) is 2.95. The molecule has 2 atom stereocenters. The molecule has 0 aliphatic heterocycles. The summed E-state index contributed by atoms with van der Waals surface area (Å²) in [6, 6.07) is 6.50. The Bertz CT molecular complexity index is 420. The maximum Gasteiger partial charge on any atom is 0.123 e. The van der Waals surface area contributed by atoms with E-state index in [1.54, 1.807) is 0 Å².